The van der Waals surface area contributed by atoms with Crippen LogP contribution in [0.5, 0.6) is 0 Å². The highest BCUT2D eigenvalue weighted by atomic mass is 16.3. The van der Waals surface area contributed by atoms with Crippen LogP contribution < -0.4 is 5.32 Å². The third kappa shape index (κ3) is 2.06. The molecule has 5 nitrogen and oxygen atoms in total. The fourth-order valence-corrected chi connectivity index (χ4v) is 0.790. The Morgan fingerprint density at radius 3 is 3.08 bits per heavy atom. The number of nitrogens with one attached hydrogen (secondary N) is 1. The maximum atomic E-state index is 11.1. The van der Waals surface area contributed by atoms with Crippen molar-refractivity contribution in [1.29, 1.82) is 0 Å². The Morgan fingerprint density at radius 1 is 1.83 bits per heavy atom. The van der Waals surface area contributed by atoms with Crippen molar-refractivity contribution >= 4 is 5.91 Å². The Morgan fingerprint density at radius 2 is 2.58 bits per heavy atom. The minimum atomic E-state index is -0.260. The number of carbonyl (C=O) groups excluding carboxylic acids is 1. The number of carbonyl (C=O) groups is 1. The molecule has 0 saturated heterocycles. The third-order valence-electron chi connectivity index (χ3n) is 1.33. The van der Waals surface area contributed by atoms with E-state index in [1.165, 1.54) is 0 Å². The summed E-state index contributed by atoms with van der Waals surface area (Å²) in [5.74, 6) is -0.260. The molecule has 1 aromatic heterocycles. The molecule has 0 aromatic carbocycles. The van der Waals surface area contributed by atoms with Crippen LogP contribution in [-0.4, -0.2) is 33.7 Å². The molecular weight excluding hydrogens is 158 g/mol. The van der Waals surface area contributed by atoms with E-state index < -0.39 is 0 Å². The number of rotatable bonds is 3. The highest BCUT2D eigenvalue weighted by molar-refractivity contribution is 5.91. The second kappa shape index (κ2) is 3.87. The van der Waals surface area contributed by atoms with Gasteiger partial charge in [-0.3, -0.25) is 4.79 Å². The number of nitrogens with zero attached hydrogens (tertiary/aromatic N) is 2. The SMILES string of the molecule is Cn1cnc(C(=O)NCCO)c1. The molecule has 1 rings (SSSR count). The van der Waals surface area contributed by atoms with E-state index in [2.05, 4.69) is 10.3 Å². The predicted octanol–water partition coefficient (Wildman–Crippen LogP) is -0.858. The molecule has 66 valence electrons. The van der Waals surface area contributed by atoms with E-state index in [4.69, 9.17) is 5.11 Å². The van der Waals surface area contributed by atoms with Gasteiger partial charge in [0.05, 0.1) is 12.9 Å². The molecule has 0 atom stereocenters. The van der Waals surface area contributed by atoms with Crippen molar-refractivity contribution in [3.05, 3.63) is 18.2 Å². The smallest absolute Gasteiger partial charge is 0.271 e. The van der Waals surface area contributed by atoms with Crippen molar-refractivity contribution in [3.63, 3.8) is 0 Å². The van der Waals surface area contributed by atoms with E-state index in [1.807, 2.05) is 0 Å². The van der Waals surface area contributed by atoms with E-state index in [-0.39, 0.29) is 19.1 Å². The molecule has 1 aromatic rings. The monoisotopic (exact) mass is 169 g/mol. The Hall–Kier alpha value is -1.36. The third-order valence-corrected chi connectivity index (χ3v) is 1.33. The average molecular weight is 169 g/mol. The predicted molar refractivity (Wildman–Crippen MR) is 42.6 cm³/mol. The largest absolute Gasteiger partial charge is 0.395 e. The fraction of sp³-hybridized carbons (Fsp3) is 0.429. The first kappa shape index (κ1) is 8.73. The summed E-state index contributed by atoms with van der Waals surface area (Å²) in [4.78, 5) is 15.0. The van der Waals surface area contributed by atoms with E-state index in [0.29, 0.717) is 5.69 Å². The van der Waals surface area contributed by atoms with E-state index >= 15 is 0 Å². The molecule has 0 unspecified atom stereocenters. The van der Waals surface area contributed by atoms with Crippen molar-refractivity contribution in [1.82, 2.24) is 14.9 Å². The van der Waals surface area contributed by atoms with Gasteiger partial charge in [-0.25, -0.2) is 4.98 Å². The van der Waals surface area contributed by atoms with Gasteiger partial charge in [0.25, 0.3) is 5.91 Å². The van der Waals surface area contributed by atoms with Gasteiger partial charge in [0.1, 0.15) is 5.69 Å². The first-order valence-electron chi connectivity index (χ1n) is 3.61. The summed E-state index contributed by atoms with van der Waals surface area (Å²) in [6.07, 6.45) is 3.17. The van der Waals surface area contributed by atoms with Gasteiger partial charge in [0, 0.05) is 19.8 Å². The zero-order chi connectivity index (χ0) is 8.97. The van der Waals surface area contributed by atoms with E-state index in [9.17, 15) is 4.79 Å². The Bertz CT molecular complexity index is 269. The van der Waals surface area contributed by atoms with Crippen LogP contribution in [0.1, 0.15) is 10.5 Å². The summed E-state index contributed by atoms with van der Waals surface area (Å²) in [6, 6.07) is 0. The van der Waals surface area contributed by atoms with Crippen molar-refractivity contribution in [2.75, 3.05) is 13.2 Å². The number of hydrogen-bond donors (Lipinski definition) is 2. The molecular formula is C7H11N3O2. The Labute approximate surface area is 70.0 Å². The number of aryl methyl sites for hydroxylation is 1. The summed E-state index contributed by atoms with van der Waals surface area (Å²) in [7, 11) is 1.79. The van der Waals surface area contributed by atoms with Gasteiger partial charge in [-0.05, 0) is 0 Å². The van der Waals surface area contributed by atoms with Gasteiger partial charge in [0.15, 0.2) is 0 Å². The molecule has 0 aliphatic rings. The number of amides is 1. The molecule has 0 fully saturated rings. The fourth-order valence-electron chi connectivity index (χ4n) is 0.790. The number of aliphatic hydroxyl groups excluding tert-OH is 1. The number of imidazole rings is 1. The highest BCUT2D eigenvalue weighted by Gasteiger charge is 2.06. The minimum absolute atomic E-state index is 0.0570. The van der Waals surface area contributed by atoms with Gasteiger partial charge >= 0.3 is 0 Å². The van der Waals surface area contributed by atoms with Crippen LogP contribution >= 0.6 is 0 Å². The van der Waals surface area contributed by atoms with Crippen LogP contribution in [0.15, 0.2) is 12.5 Å². The minimum Gasteiger partial charge on any atom is -0.395 e. The first-order valence-corrected chi connectivity index (χ1v) is 3.61. The van der Waals surface area contributed by atoms with Crippen LogP contribution in [0.3, 0.4) is 0 Å². The molecule has 5 heteroatoms. The molecule has 0 bridgehead atoms. The van der Waals surface area contributed by atoms with Crippen LogP contribution in [0.25, 0.3) is 0 Å². The lowest BCUT2D eigenvalue weighted by Gasteiger charge is -1.97. The van der Waals surface area contributed by atoms with Gasteiger partial charge in [0.2, 0.25) is 0 Å². The lowest BCUT2D eigenvalue weighted by Crippen LogP contribution is -2.26. The maximum Gasteiger partial charge on any atom is 0.271 e. The van der Waals surface area contributed by atoms with Gasteiger partial charge in [-0.2, -0.15) is 0 Å². The normalized spacial score (nSPS) is 9.83. The second-order valence-electron chi connectivity index (χ2n) is 2.40. The zero-order valence-electron chi connectivity index (χ0n) is 6.82. The van der Waals surface area contributed by atoms with Crippen LogP contribution in [-0.2, 0) is 7.05 Å². The topological polar surface area (TPSA) is 67.2 Å². The molecule has 0 radical (unpaired) electrons. The van der Waals surface area contributed by atoms with Crippen LogP contribution in [0, 0.1) is 0 Å². The van der Waals surface area contributed by atoms with Crippen molar-refractivity contribution in [2.45, 2.75) is 0 Å². The summed E-state index contributed by atoms with van der Waals surface area (Å²) in [5, 5.41) is 10.9. The Balaban J connectivity index is 2.53. The van der Waals surface area contributed by atoms with Gasteiger partial charge < -0.3 is 15.0 Å². The van der Waals surface area contributed by atoms with Crippen LogP contribution in [0.2, 0.25) is 0 Å². The standard InChI is InChI=1S/C7H11N3O2/c1-10-4-6(9-5-10)7(12)8-2-3-11/h4-5,11H,2-3H2,1H3,(H,8,12). The van der Waals surface area contributed by atoms with Crippen LogP contribution in [0.4, 0.5) is 0 Å². The van der Waals surface area contributed by atoms with E-state index in [1.54, 1.807) is 24.1 Å². The second-order valence-corrected chi connectivity index (χ2v) is 2.40. The average Bonchev–Trinajstić information content (AvgIpc) is 2.47. The number of aromatic nitrogens is 2. The Kier molecular flexibility index (Phi) is 2.82. The van der Waals surface area contributed by atoms with Gasteiger partial charge in [-0.15, -0.1) is 0 Å². The first-order chi connectivity index (χ1) is 5.74. The lowest BCUT2D eigenvalue weighted by molar-refractivity contribution is 0.0940. The number of aliphatic hydroxyl groups is 1. The lowest BCUT2D eigenvalue weighted by atomic mass is 10.4. The highest BCUT2D eigenvalue weighted by Crippen LogP contribution is 1.92. The summed E-state index contributed by atoms with van der Waals surface area (Å²) in [6.45, 7) is 0.202. The molecule has 1 heterocycles. The van der Waals surface area contributed by atoms with Crippen molar-refractivity contribution in [3.8, 4) is 0 Å². The molecule has 0 saturated carbocycles. The van der Waals surface area contributed by atoms with Gasteiger partial charge in [-0.1, -0.05) is 0 Å². The summed E-state index contributed by atoms with van der Waals surface area (Å²) < 4.78 is 1.69. The summed E-state index contributed by atoms with van der Waals surface area (Å²) >= 11 is 0. The van der Waals surface area contributed by atoms with Crippen molar-refractivity contribution < 1.29 is 9.90 Å². The molecule has 0 aliphatic carbocycles. The molecule has 2 N–H and O–H groups in total. The maximum absolute atomic E-state index is 11.1. The molecule has 0 aliphatic heterocycles. The number of hydrogen-bond acceptors (Lipinski definition) is 3. The molecule has 1 amide bonds. The zero-order valence-corrected chi connectivity index (χ0v) is 6.82. The molecule has 0 spiro atoms. The summed E-state index contributed by atoms with van der Waals surface area (Å²) in [5.41, 5.74) is 0.367. The molecule has 12 heavy (non-hydrogen) atoms. The quantitative estimate of drug-likeness (QED) is 0.619. The van der Waals surface area contributed by atoms with E-state index in [0.717, 1.165) is 0 Å². The van der Waals surface area contributed by atoms with Crippen molar-refractivity contribution in [2.24, 2.45) is 7.05 Å².